The van der Waals surface area contributed by atoms with E-state index in [-0.39, 0.29) is 17.8 Å². The number of ether oxygens (including phenoxy) is 1. The zero-order valence-electron chi connectivity index (χ0n) is 22.6. The lowest BCUT2D eigenvalue weighted by Crippen LogP contribution is -2.44. The highest BCUT2D eigenvalue weighted by Crippen LogP contribution is 2.29. The number of piperazine rings is 1. The number of fused-ring (bicyclic) bond motifs is 1. The van der Waals surface area contributed by atoms with Gasteiger partial charge in [-0.05, 0) is 61.9 Å². The maximum atomic E-state index is 13.7. The third-order valence-corrected chi connectivity index (χ3v) is 7.71. The monoisotopic (exact) mass is 543 g/mol. The van der Waals surface area contributed by atoms with E-state index in [9.17, 15) is 9.18 Å². The zero-order chi connectivity index (χ0) is 27.5. The average molecular weight is 544 g/mol. The first-order valence-electron chi connectivity index (χ1n) is 13.8. The molecule has 40 heavy (non-hydrogen) atoms. The minimum Gasteiger partial charge on any atom is -0.381 e. The van der Waals surface area contributed by atoms with Gasteiger partial charge in [0.1, 0.15) is 5.82 Å². The lowest BCUT2D eigenvalue weighted by Gasteiger charge is -2.34. The molecule has 208 valence electrons. The van der Waals surface area contributed by atoms with Gasteiger partial charge in [-0.25, -0.2) is 4.39 Å². The molecule has 4 aromatic rings. The van der Waals surface area contributed by atoms with E-state index in [1.54, 1.807) is 12.3 Å². The van der Waals surface area contributed by atoms with Crippen molar-refractivity contribution in [3.05, 3.63) is 77.4 Å². The molecule has 10 heteroatoms. The Morgan fingerprint density at radius 3 is 2.73 bits per heavy atom. The summed E-state index contributed by atoms with van der Waals surface area (Å²) in [7, 11) is 2.14. The maximum absolute atomic E-state index is 13.7. The Labute approximate surface area is 232 Å². The van der Waals surface area contributed by atoms with Gasteiger partial charge in [-0.1, -0.05) is 12.1 Å². The Hall–Kier alpha value is -4.02. The molecular weight excluding hydrogens is 509 g/mol. The van der Waals surface area contributed by atoms with Crippen molar-refractivity contribution in [1.82, 2.24) is 20.1 Å². The van der Waals surface area contributed by atoms with Gasteiger partial charge in [-0.15, -0.1) is 0 Å². The Kier molecular flexibility index (Phi) is 7.61. The van der Waals surface area contributed by atoms with E-state index in [1.165, 1.54) is 12.1 Å². The fourth-order valence-electron chi connectivity index (χ4n) is 5.36. The van der Waals surface area contributed by atoms with Gasteiger partial charge in [0.05, 0.1) is 17.3 Å². The molecule has 2 aliphatic heterocycles. The highest BCUT2D eigenvalue weighted by atomic mass is 19.1. The number of carbonyl (C=O) groups excluding carboxylic acids is 1. The van der Waals surface area contributed by atoms with Crippen molar-refractivity contribution < 1.29 is 13.9 Å². The number of benzene rings is 2. The molecule has 2 aromatic carbocycles. The summed E-state index contributed by atoms with van der Waals surface area (Å²) in [4.78, 5) is 22.8. The molecule has 2 aromatic heterocycles. The number of hydrogen-bond acceptors (Lipinski definition) is 7. The summed E-state index contributed by atoms with van der Waals surface area (Å²) >= 11 is 0. The van der Waals surface area contributed by atoms with Crippen LogP contribution in [0, 0.1) is 5.82 Å². The number of amides is 1. The lowest BCUT2D eigenvalue weighted by molar-refractivity contribution is 0.0904. The van der Waals surface area contributed by atoms with Crippen LogP contribution in [0.2, 0.25) is 0 Å². The standard InChI is InChI=1S/C30H34FN7O2/c1-37-9-11-38(12-10-37)24-5-6-25(27(18-24)33-22-7-13-40-14-8-22)30(39)34-29-26-17-23(32-19-28(26)35-36-29)16-20-3-2-4-21(31)15-20/h2-6,15,17-19,22,33H,7-14,16H2,1H3,(H2,34,35,36,39). The average Bonchev–Trinajstić information content (AvgIpc) is 3.35. The van der Waals surface area contributed by atoms with Crippen LogP contribution in [0.4, 0.5) is 21.6 Å². The first-order valence-corrected chi connectivity index (χ1v) is 13.8. The van der Waals surface area contributed by atoms with Gasteiger partial charge in [-0.2, -0.15) is 5.10 Å². The van der Waals surface area contributed by atoms with Gasteiger partial charge in [0.25, 0.3) is 5.91 Å². The van der Waals surface area contributed by atoms with Crippen LogP contribution in [0.15, 0.2) is 54.7 Å². The molecule has 0 bridgehead atoms. The number of nitrogens with one attached hydrogen (secondary N) is 3. The largest absolute Gasteiger partial charge is 0.381 e. The summed E-state index contributed by atoms with van der Waals surface area (Å²) in [6.45, 7) is 5.33. The summed E-state index contributed by atoms with van der Waals surface area (Å²) in [6.07, 6.45) is 3.95. The molecular formula is C30H34FN7O2. The minimum absolute atomic E-state index is 0.239. The fraction of sp³-hybridized carbons (Fsp3) is 0.367. The van der Waals surface area contributed by atoms with E-state index < -0.39 is 0 Å². The van der Waals surface area contributed by atoms with Gasteiger partial charge in [0.2, 0.25) is 0 Å². The number of halogens is 1. The minimum atomic E-state index is -0.279. The Morgan fingerprint density at radius 2 is 1.93 bits per heavy atom. The molecule has 0 atom stereocenters. The number of nitrogens with zero attached hydrogens (tertiary/aromatic N) is 4. The maximum Gasteiger partial charge on any atom is 0.258 e. The van der Waals surface area contributed by atoms with Crippen LogP contribution in [0.1, 0.15) is 34.5 Å². The van der Waals surface area contributed by atoms with E-state index in [0.29, 0.717) is 36.5 Å². The van der Waals surface area contributed by atoms with Crippen LogP contribution in [0.25, 0.3) is 10.9 Å². The van der Waals surface area contributed by atoms with Crippen molar-refractivity contribution in [3.8, 4) is 0 Å². The molecule has 2 saturated heterocycles. The molecule has 0 saturated carbocycles. The van der Waals surface area contributed by atoms with Gasteiger partial charge in [-0.3, -0.25) is 14.9 Å². The van der Waals surface area contributed by atoms with Crippen LogP contribution >= 0.6 is 0 Å². The number of carbonyl (C=O) groups is 1. The number of hydrogen-bond donors (Lipinski definition) is 3. The third kappa shape index (κ3) is 5.93. The Bertz CT molecular complexity index is 1490. The van der Waals surface area contributed by atoms with Crippen molar-refractivity contribution in [3.63, 3.8) is 0 Å². The first kappa shape index (κ1) is 26.2. The summed E-state index contributed by atoms with van der Waals surface area (Å²) in [6, 6.07) is 14.6. The molecule has 0 spiro atoms. The van der Waals surface area contributed by atoms with E-state index >= 15 is 0 Å². The molecule has 9 nitrogen and oxygen atoms in total. The molecule has 3 N–H and O–H groups in total. The number of H-pyrrole nitrogens is 1. The topological polar surface area (TPSA) is 98.4 Å². The molecule has 2 aliphatic rings. The number of rotatable bonds is 7. The van der Waals surface area contributed by atoms with Crippen molar-refractivity contribution in [2.45, 2.75) is 25.3 Å². The van der Waals surface area contributed by atoms with Crippen molar-refractivity contribution in [2.24, 2.45) is 0 Å². The van der Waals surface area contributed by atoms with E-state index in [0.717, 1.165) is 67.0 Å². The summed E-state index contributed by atoms with van der Waals surface area (Å²) in [5, 5.41) is 14.7. The van der Waals surface area contributed by atoms with Crippen molar-refractivity contribution in [2.75, 3.05) is 62.0 Å². The van der Waals surface area contributed by atoms with Crippen LogP contribution < -0.4 is 15.5 Å². The second-order valence-corrected chi connectivity index (χ2v) is 10.6. The third-order valence-electron chi connectivity index (χ3n) is 7.71. The molecule has 6 rings (SSSR count). The fourth-order valence-corrected chi connectivity index (χ4v) is 5.36. The number of aromatic nitrogens is 3. The van der Waals surface area contributed by atoms with Crippen LogP contribution in [0.5, 0.6) is 0 Å². The Balaban J connectivity index is 1.25. The summed E-state index contributed by atoms with van der Waals surface area (Å²) in [5.41, 5.74) is 4.78. The highest BCUT2D eigenvalue weighted by Gasteiger charge is 2.22. The molecule has 0 aliphatic carbocycles. The second kappa shape index (κ2) is 11.6. The predicted octanol–water partition coefficient (Wildman–Crippen LogP) is 4.28. The molecule has 1 amide bonds. The quantitative estimate of drug-likeness (QED) is 0.320. The SMILES string of the molecule is CN1CCN(c2ccc(C(=O)Nc3n[nH]c4cnc(Cc5cccc(F)c5)cc34)c(NC3CCOCC3)c2)CC1. The number of aromatic amines is 1. The van der Waals surface area contributed by atoms with E-state index in [4.69, 9.17) is 4.74 Å². The second-order valence-electron chi connectivity index (χ2n) is 10.6. The first-order chi connectivity index (χ1) is 19.5. The zero-order valence-corrected chi connectivity index (χ0v) is 22.6. The molecule has 4 heterocycles. The smallest absolute Gasteiger partial charge is 0.258 e. The van der Waals surface area contributed by atoms with Gasteiger partial charge in [0, 0.05) is 74.3 Å². The number of likely N-dealkylation sites (N-methyl/N-ethyl adjacent to an activating group) is 1. The predicted molar refractivity (Wildman–Crippen MR) is 155 cm³/mol. The Morgan fingerprint density at radius 1 is 1.10 bits per heavy atom. The normalized spacial score (nSPS) is 16.8. The van der Waals surface area contributed by atoms with Gasteiger partial charge in [0.15, 0.2) is 5.82 Å². The van der Waals surface area contributed by atoms with Crippen molar-refractivity contribution in [1.29, 1.82) is 0 Å². The molecule has 0 unspecified atom stereocenters. The van der Waals surface area contributed by atoms with Crippen LogP contribution in [-0.4, -0.2) is 78.5 Å². The summed E-state index contributed by atoms with van der Waals surface area (Å²) in [5.74, 6) is -0.0851. The molecule has 2 fully saturated rings. The molecule has 0 radical (unpaired) electrons. The highest BCUT2D eigenvalue weighted by molar-refractivity contribution is 6.11. The number of anilines is 3. The van der Waals surface area contributed by atoms with E-state index in [1.807, 2.05) is 24.3 Å². The van der Waals surface area contributed by atoms with Crippen LogP contribution in [0.3, 0.4) is 0 Å². The van der Waals surface area contributed by atoms with Gasteiger partial charge < -0.3 is 25.2 Å². The summed E-state index contributed by atoms with van der Waals surface area (Å²) < 4.78 is 19.2. The lowest BCUT2D eigenvalue weighted by atomic mass is 10.1. The van der Waals surface area contributed by atoms with Crippen molar-refractivity contribution >= 4 is 34.0 Å². The van der Waals surface area contributed by atoms with Gasteiger partial charge >= 0.3 is 0 Å². The number of pyridine rings is 1. The van der Waals surface area contributed by atoms with E-state index in [2.05, 4.69) is 48.7 Å². The van der Waals surface area contributed by atoms with Crippen LogP contribution in [-0.2, 0) is 11.2 Å².